The van der Waals surface area contributed by atoms with Gasteiger partial charge in [-0.15, -0.1) is 0 Å². The zero-order valence-electron chi connectivity index (χ0n) is 11.2. The molecule has 0 heterocycles. The van der Waals surface area contributed by atoms with Gasteiger partial charge in [0.1, 0.15) is 5.75 Å². The van der Waals surface area contributed by atoms with Crippen LogP contribution in [0.1, 0.15) is 17.3 Å². The van der Waals surface area contributed by atoms with Gasteiger partial charge in [-0.25, -0.2) is 0 Å². The van der Waals surface area contributed by atoms with Crippen molar-refractivity contribution in [2.24, 2.45) is 0 Å². The molecule has 0 bridgehead atoms. The van der Waals surface area contributed by atoms with E-state index in [1.54, 1.807) is 0 Å². The molecule has 0 aromatic heterocycles. The number of benzene rings is 2. The van der Waals surface area contributed by atoms with Crippen LogP contribution in [0.25, 0.3) is 0 Å². The van der Waals surface area contributed by atoms with Gasteiger partial charge >= 0.3 is 0 Å². The van der Waals surface area contributed by atoms with E-state index in [2.05, 4.69) is 21.2 Å². The van der Waals surface area contributed by atoms with Crippen molar-refractivity contribution in [3.63, 3.8) is 0 Å². The molecule has 3 nitrogen and oxygen atoms in total. The minimum atomic E-state index is 0.0452. The highest BCUT2D eigenvalue weighted by Gasteiger charge is 2.07. The number of hydrogen-bond donors (Lipinski definition) is 1. The van der Waals surface area contributed by atoms with E-state index in [9.17, 15) is 4.79 Å². The molecule has 1 N–H and O–H groups in total. The average Bonchev–Trinajstić information content (AvgIpc) is 2.47. The van der Waals surface area contributed by atoms with Crippen LogP contribution in [0.3, 0.4) is 0 Å². The summed E-state index contributed by atoms with van der Waals surface area (Å²) in [5.41, 5.74) is 1.52. The Morgan fingerprint density at radius 2 is 1.85 bits per heavy atom. The summed E-state index contributed by atoms with van der Waals surface area (Å²) in [5.74, 6) is 0.808. The molecule has 2 rings (SSSR count). The fraction of sp³-hybridized carbons (Fsp3) is 0.188. The molecule has 0 saturated heterocycles. The number of rotatable bonds is 6. The summed E-state index contributed by atoms with van der Waals surface area (Å²) in [6.45, 7) is 2.77. The number of Topliss-reactive ketones (excluding diaryl/α,β-unsaturated/α-hetero) is 1. The van der Waals surface area contributed by atoms with Crippen LogP contribution in [0, 0.1) is 0 Å². The summed E-state index contributed by atoms with van der Waals surface area (Å²) in [7, 11) is 0. The largest absolute Gasteiger partial charge is 0.492 e. The van der Waals surface area contributed by atoms with Crippen LogP contribution in [0.15, 0.2) is 53.0 Å². The molecule has 0 atom stereocenters. The third-order valence-electron chi connectivity index (χ3n) is 2.79. The first kappa shape index (κ1) is 14.6. The molecule has 2 aromatic carbocycles. The van der Waals surface area contributed by atoms with Gasteiger partial charge in [0.15, 0.2) is 5.78 Å². The zero-order chi connectivity index (χ0) is 14.4. The molecule has 0 aliphatic heterocycles. The quantitative estimate of drug-likeness (QED) is 0.807. The molecule has 20 heavy (non-hydrogen) atoms. The average molecular weight is 334 g/mol. The number of halogens is 1. The normalized spacial score (nSPS) is 10.1. The van der Waals surface area contributed by atoms with Crippen molar-refractivity contribution in [2.45, 2.75) is 6.92 Å². The number of anilines is 1. The Morgan fingerprint density at radius 1 is 1.15 bits per heavy atom. The van der Waals surface area contributed by atoms with Crippen LogP contribution in [-0.2, 0) is 0 Å². The molecule has 4 heteroatoms. The van der Waals surface area contributed by atoms with E-state index >= 15 is 0 Å². The van der Waals surface area contributed by atoms with E-state index in [1.165, 1.54) is 0 Å². The van der Waals surface area contributed by atoms with Gasteiger partial charge in [0.2, 0.25) is 0 Å². The van der Waals surface area contributed by atoms with Crippen LogP contribution < -0.4 is 10.1 Å². The van der Waals surface area contributed by atoms with Crippen LogP contribution >= 0.6 is 15.9 Å². The molecular formula is C16H16BrNO2. The fourth-order valence-electron chi connectivity index (χ4n) is 1.81. The summed E-state index contributed by atoms with van der Waals surface area (Å²) in [5, 5.41) is 3.12. The molecular weight excluding hydrogens is 318 g/mol. The van der Waals surface area contributed by atoms with Crippen LogP contribution in [0.4, 0.5) is 5.69 Å². The van der Waals surface area contributed by atoms with Crippen LogP contribution in [-0.4, -0.2) is 18.9 Å². The smallest absolute Gasteiger partial charge is 0.181 e. The SMILES string of the molecule is CCOc1ccccc1NCC(=O)c1ccc(Br)cc1. The lowest BCUT2D eigenvalue weighted by Gasteiger charge is -2.11. The van der Waals surface area contributed by atoms with Gasteiger partial charge in [-0.05, 0) is 31.2 Å². The summed E-state index contributed by atoms with van der Waals surface area (Å²) in [6, 6.07) is 14.9. The summed E-state index contributed by atoms with van der Waals surface area (Å²) >= 11 is 3.35. The maximum absolute atomic E-state index is 12.1. The van der Waals surface area contributed by atoms with Crippen molar-refractivity contribution in [2.75, 3.05) is 18.5 Å². The molecule has 0 spiro atoms. The lowest BCUT2D eigenvalue weighted by Crippen LogP contribution is -2.14. The van der Waals surface area contributed by atoms with Crippen molar-refractivity contribution in [1.82, 2.24) is 0 Å². The summed E-state index contributed by atoms with van der Waals surface area (Å²) in [6.07, 6.45) is 0. The Labute approximate surface area is 127 Å². The number of ketones is 1. The van der Waals surface area contributed by atoms with Crippen molar-refractivity contribution < 1.29 is 9.53 Å². The second kappa shape index (κ2) is 7.10. The van der Waals surface area contributed by atoms with Crippen molar-refractivity contribution >= 4 is 27.4 Å². The van der Waals surface area contributed by atoms with Crippen molar-refractivity contribution in [3.8, 4) is 5.75 Å². The number of hydrogen-bond acceptors (Lipinski definition) is 3. The Kier molecular flexibility index (Phi) is 5.18. The first-order chi connectivity index (χ1) is 9.70. The summed E-state index contributed by atoms with van der Waals surface area (Å²) in [4.78, 5) is 12.1. The van der Waals surface area contributed by atoms with Crippen molar-refractivity contribution in [3.05, 3.63) is 58.6 Å². The molecule has 0 amide bonds. The predicted octanol–water partition coefficient (Wildman–Crippen LogP) is 4.14. The molecule has 0 unspecified atom stereocenters. The molecule has 0 aliphatic carbocycles. The minimum absolute atomic E-state index is 0.0452. The number of para-hydroxylation sites is 2. The van der Waals surface area contributed by atoms with Gasteiger partial charge in [0, 0.05) is 10.0 Å². The lowest BCUT2D eigenvalue weighted by atomic mass is 10.1. The van der Waals surface area contributed by atoms with E-state index in [0.29, 0.717) is 12.2 Å². The predicted molar refractivity (Wildman–Crippen MR) is 84.6 cm³/mol. The first-order valence-electron chi connectivity index (χ1n) is 6.45. The molecule has 0 aliphatic rings. The highest BCUT2D eigenvalue weighted by Crippen LogP contribution is 2.23. The number of carbonyl (C=O) groups excluding carboxylic acids is 1. The second-order valence-electron chi connectivity index (χ2n) is 4.21. The van der Waals surface area contributed by atoms with Crippen LogP contribution in [0.5, 0.6) is 5.75 Å². The number of nitrogens with one attached hydrogen (secondary N) is 1. The zero-order valence-corrected chi connectivity index (χ0v) is 12.8. The first-order valence-corrected chi connectivity index (χ1v) is 7.24. The molecule has 2 aromatic rings. The van der Waals surface area contributed by atoms with Gasteiger partial charge in [0.25, 0.3) is 0 Å². The third-order valence-corrected chi connectivity index (χ3v) is 3.32. The van der Waals surface area contributed by atoms with Gasteiger partial charge in [-0.2, -0.15) is 0 Å². The third kappa shape index (κ3) is 3.84. The number of ether oxygens (including phenoxy) is 1. The van der Waals surface area contributed by atoms with Crippen molar-refractivity contribution in [1.29, 1.82) is 0 Å². The Balaban J connectivity index is 2.01. The van der Waals surface area contributed by atoms with E-state index in [0.717, 1.165) is 15.9 Å². The van der Waals surface area contributed by atoms with Gasteiger partial charge in [0.05, 0.1) is 18.8 Å². The monoisotopic (exact) mass is 333 g/mol. The molecule has 104 valence electrons. The van der Waals surface area contributed by atoms with E-state index < -0.39 is 0 Å². The second-order valence-corrected chi connectivity index (χ2v) is 5.13. The topological polar surface area (TPSA) is 38.3 Å². The Morgan fingerprint density at radius 3 is 2.55 bits per heavy atom. The maximum Gasteiger partial charge on any atom is 0.181 e. The highest BCUT2D eigenvalue weighted by molar-refractivity contribution is 9.10. The fourth-order valence-corrected chi connectivity index (χ4v) is 2.07. The van der Waals surface area contributed by atoms with E-state index in [1.807, 2.05) is 55.5 Å². The summed E-state index contributed by atoms with van der Waals surface area (Å²) < 4.78 is 6.47. The standard InChI is InChI=1S/C16H16BrNO2/c1-2-20-16-6-4-3-5-14(16)18-11-15(19)12-7-9-13(17)10-8-12/h3-10,18H,2,11H2,1H3. The van der Waals surface area contributed by atoms with Gasteiger partial charge < -0.3 is 10.1 Å². The number of carbonyl (C=O) groups is 1. The Bertz CT molecular complexity index is 581. The molecule has 0 saturated carbocycles. The minimum Gasteiger partial charge on any atom is -0.492 e. The van der Waals surface area contributed by atoms with E-state index in [4.69, 9.17) is 4.74 Å². The molecule has 0 fully saturated rings. The lowest BCUT2D eigenvalue weighted by molar-refractivity contribution is 0.101. The van der Waals surface area contributed by atoms with Crippen LogP contribution in [0.2, 0.25) is 0 Å². The van der Waals surface area contributed by atoms with E-state index in [-0.39, 0.29) is 12.3 Å². The van der Waals surface area contributed by atoms with Gasteiger partial charge in [-0.1, -0.05) is 40.2 Å². The van der Waals surface area contributed by atoms with Gasteiger partial charge in [-0.3, -0.25) is 4.79 Å². The molecule has 0 radical (unpaired) electrons. The maximum atomic E-state index is 12.1. The highest BCUT2D eigenvalue weighted by atomic mass is 79.9. The Hall–Kier alpha value is -1.81.